The van der Waals surface area contributed by atoms with Crippen LogP contribution in [0.2, 0.25) is 0 Å². The molecule has 2 N–H and O–H groups in total. The molecule has 0 saturated heterocycles. The fraction of sp³-hybridized carbons (Fsp3) is 0.105. The first-order valence-electron chi connectivity index (χ1n) is 8.33. The highest BCUT2D eigenvalue weighted by Crippen LogP contribution is 2.21. The van der Waals surface area contributed by atoms with Crippen LogP contribution in [-0.4, -0.2) is 32.0 Å². The molecule has 0 aliphatic heterocycles. The van der Waals surface area contributed by atoms with Crippen molar-refractivity contribution in [3.8, 4) is 0 Å². The minimum absolute atomic E-state index is 0.0710. The van der Waals surface area contributed by atoms with Gasteiger partial charge < -0.3 is 9.30 Å². The van der Waals surface area contributed by atoms with Gasteiger partial charge in [0.15, 0.2) is 4.80 Å². The van der Waals surface area contributed by atoms with Crippen LogP contribution in [0, 0.1) is 0 Å². The first-order valence-corrected chi connectivity index (χ1v) is 10.7. The number of amides is 1. The topological polar surface area (TPSA) is 121 Å². The molecular weight excluding hydrogens is 414 g/mol. The maximum Gasteiger partial charge on any atom is 0.325 e. The van der Waals surface area contributed by atoms with Crippen LogP contribution in [0.1, 0.15) is 5.56 Å². The van der Waals surface area contributed by atoms with E-state index in [-0.39, 0.29) is 16.2 Å². The number of nitrogens with zero attached hydrogens (tertiary/aromatic N) is 2. The third-order valence-corrected chi connectivity index (χ3v) is 5.87. The fourth-order valence-corrected chi connectivity index (χ4v) is 4.21. The summed E-state index contributed by atoms with van der Waals surface area (Å²) in [4.78, 5) is 28.3. The summed E-state index contributed by atoms with van der Waals surface area (Å²) >= 11 is 1.07. The Kier molecular flexibility index (Phi) is 6.06. The Bertz CT molecular complexity index is 1270. The second-order valence-corrected chi connectivity index (χ2v) is 8.49. The Morgan fingerprint density at radius 2 is 1.93 bits per heavy atom. The van der Waals surface area contributed by atoms with Crippen LogP contribution in [0.25, 0.3) is 16.3 Å². The van der Waals surface area contributed by atoms with E-state index in [9.17, 15) is 18.0 Å². The third kappa shape index (κ3) is 5.05. The molecule has 0 fully saturated rings. The average Bonchev–Trinajstić information content (AvgIpc) is 3.02. The lowest BCUT2D eigenvalue weighted by atomic mass is 10.2. The zero-order valence-electron chi connectivity index (χ0n) is 15.3. The van der Waals surface area contributed by atoms with E-state index >= 15 is 0 Å². The van der Waals surface area contributed by atoms with Crippen LogP contribution >= 0.6 is 11.3 Å². The number of thiazole rings is 1. The summed E-state index contributed by atoms with van der Waals surface area (Å²) in [7, 11) is -2.64. The SMILES string of the molecule is COC(=O)Cn1c(=NC(=O)C=Cc2ccccc2)sc2cc(S(N)(=O)=O)ccc21. The van der Waals surface area contributed by atoms with Gasteiger partial charge in [0, 0.05) is 6.08 Å². The number of nitrogens with two attached hydrogens (primary N) is 1. The standard InChI is InChI=1S/C19H17N3O5S2/c1-27-18(24)12-22-15-9-8-14(29(20,25)26)11-16(15)28-19(22)21-17(23)10-7-13-5-3-2-4-6-13/h2-11H,12H2,1H3,(H2,20,25,26). The van der Waals surface area contributed by atoms with E-state index in [2.05, 4.69) is 4.99 Å². The number of ether oxygens (including phenoxy) is 1. The zero-order chi connectivity index (χ0) is 21.0. The smallest absolute Gasteiger partial charge is 0.325 e. The molecule has 1 amide bonds. The molecule has 0 saturated carbocycles. The molecule has 1 heterocycles. The van der Waals surface area contributed by atoms with Crippen molar-refractivity contribution in [1.82, 2.24) is 4.57 Å². The summed E-state index contributed by atoms with van der Waals surface area (Å²) in [5.41, 5.74) is 1.37. The van der Waals surface area contributed by atoms with E-state index in [4.69, 9.17) is 9.88 Å². The second-order valence-electron chi connectivity index (χ2n) is 5.92. The molecule has 150 valence electrons. The molecule has 29 heavy (non-hydrogen) atoms. The van der Waals surface area contributed by atoms with Gasteiger partial charge in [-0.05, 0) is 29.8 Å². The van der Waals surface area contributed by atoms with E-state index in [1.165, 1.54) is 36.0 Å². The van der Waals surface area contributed by atoms with Gasteiger partial charge in [0.25, 0.3) is 5.91 Å². The average molecular weight is 431 g/mol. The summed E-state index contributed by atoms with van der Waals surface area (Å²) < 4.78 is 29.9. The predicted octanol–water partition coefficient (Wildman–Crippen LogP) is 1.66. The lowest BCUT2D eigenvalue weighted by Gasteiger charge is -2.04. The summed E-state index contributed by atoms with van der Waals surface area (Å²) in [6.45, 7) is -0.181. The number of esters is 1. The summed E-state index contributed by atoms with van der Waals surface area (Å²) in [6, 6.07) is 13.5. The second kappa shape index (κ2) is 8.52. The minimum atomic E-state index is -3.89. The molecule has 0 radical (unpaired) electrons. The van der Waals surface area contributed by atoms with Crippen molar-refractivity contribution in [3.05, 3.63) is 65.0 Å². The first kappa shape index (κ1) is 20.6. The molecule has 0 aliphatic rings. The van der Waals surface area contributed by atoms with Gasteiger partial charge in [-0.25, -0.2) is 13.6 Å². The van der Waals surface area contributed by atoms with E-state index in [1.807, 2.05) is 30.3 Å². The van der Waals surface area contributed by atoms with Crippen molar-refractivity contribution in [3.63, 3.8) is 0 Å². The molecule has 2 aromatic carbocycles. The Morgan fingerprint density at radius 3 is 2.59 bits per heavy atom. The van der Waals surface area contributed by atoms with Crippen molar-refractivity contribution in [2.45, 2.75) is 11.4 Å². The number of hydrogen-bond donors (Lipinski definition) is 1. The number of hydrogen-bond acceptors (Lipinski definition) is 6. The number of rotatable bonds is 5. The van der Waals surface area contributed by atoms with Crippen molar-refractivity contribution in [1.29, 1.82) is 0 Å². The van der Waals surface area contributed by atoms with Crippen LogP contribution in [0.3, 0.4) is 0 Å². The summed E-state index contributed by atoms with van der Waals surface area (Å²) in [5.74, 6) is -1.06. The number of methoxy groups -OCH3 is 1. The predicted molar refractivity (Wildman–Crippen MR) is 109 cm³/mol. The van der Waals surface area contributed by atoms with Gasteiger partial charge in [0.05, 0.1) is 22.2 Å². The van der Waals surface area contributed by atoms with Gasteiger partial charge in [-0.1, -0.05) is 41.7 Å². The molecule has 3 rings (SSSR count). The Hall–Kier alpha value is -3.08. The number of carbonyl (C=O) groups excluding carboxylic acids is 2. The van der Waals surface area contributed by atoms with Crippen LogP contribution in [0.5, 0.6) is 0 Å². The van der Waals surface area contributed by atoms with Gasteiger partial charge >= 0.3 is 5.97 Å². The van der Waals surface area contributed by atoms with Crippen LogP contribution in [-0.2, 0) is 30.9 Å². The van der Waals surface area contributed by atoms with Crippen LogP contribution < -0.4 is 9.94 Å². The largest absolute Gasteiger partial charge is 0.468 e. The lowest BCUT2D eigenvalue weighted by Crippen LogP contribution is -2.22. The maximum atomic E-state index is 12.3. The first-order chi connectivity index (χ1) is 13.8. The summed E-state index contributed by atoms with van der Waals surface area (Å²) in [5, 5.41) is 5.18. The molecule has 8 nitrogen and oxygen atoms in total. The fourth-order valence-electron chi connectivity index (χ4n) is 2.53. The number of aromatic nitrogens is 1. The molecular formula is C19H17N3O5S2. The quantitative estimate of drug-likeness (QED) is 0.486. The van der Waals surface area contributed by atoms with E-state index in [0.717, 1.165) is 16.9 Å². The van der Waals surface area contributed by atoms with Gasteiger partial charge in [0.1, 0.15) is 6.54 Å². The van der Waals surface area contributed by atoms with Gasteiger partial charge in [-0.3, -0.25) is 9.59 Å². The van der Waals surface area contributed by atoms with Crippen LogP contribution in [0.15, 0.2) is 64.5 Å². The van der Waals surface area contributed by atoms with Crippen molar-refractivity contribution >= 4 is 49.5 Å². The lowest BCUT2D eigenvalue weighted by molar-refractivity contribution is -0.141. The monoisotopic (exact) mass is 431 g/mol. The van der Waals surface area contributed by atoms with Crippen molar-refractivity contribution in [2.24, 2.45) is 10.1 Å². The zero-order valence-corrected chi connectivity index (χ0v) is 16.9. The van der Waals surface area contributed by atoms with E-state index in [1.54, 1.807) is 6.08 Å². The Morgan fingerprint density at radius 1 is 1.21 bits per heavy atom. The molecule has 0 bridgehead atoms. The number of carbonyl (C=O) groups is 2. The number of sulfonamides is 1. The number of benzene rings is 2. The molecule has 0 unspecified atom stereocenters. The molecule has 0 spiro atoms. The highest BCUT2D eigenvalue weighted by molar-refractivity contribution is 7.89. The van der Waals surface area contributed by atoms with Crippen LogP contribution in [0.4, 0.5) is 0 Å². The van der Waals surface area contributed by atoms with Crippen molar-refractivity contribution in [2.75, 3.05) is 7.11 Å². The van der Waals surface area contributed by atoms with E-state index in [0.29, 0.717) is 10.2 Å². The number of fused-ring (bicyclic) bond motifs is 1. The van der Waals surface area contributed by atoms with Gasteiger partial charge in [-0.15, -0.1) is 0 Å². The molecule has 3 aromatic rings. The number of primary sulfonamides is 1. The minimum Gasteiger partial charge on any atom is -0.468 e. The molecule has 1 aromatic heterocycles. The van der Waals surface area contributed by atoms with Gasteiger partial charge in [-0.2, -0.15) is 4.99 Å². The maximum absolute atomic E-state index is 12.3. The highest BCUT2D eigenvalue weighted by Gasteiger charge is 2.15. The molecule has 0 atom stereocenters. The van der Waals surface area contributed by atoms with E-state index < -0.39 is 21.9 Å². The summed E-state index contributed by atoms with van der Waals surface area (Å²) in [6.07, 6.45) is 2.95. The van der Waals surface area contributed by atoms with Gasteiger partial charge in [0.2, 0.25) is 10.0 Å². The normalized spacial score (nSPS) is 12.6. The third-order valence-electron chi connectivity index (χ3n) is 3.92. The van der Waals surface area contributed by atoms with Crippen molar-refractivity contribution < 1.29 is 22.7 Å². The Balaban J connectivity index is 2.07. The molecule has 0 aliphatic carbocycles. The highest BCUT2D eigenvalue weighted by atomic mass is 32.2. The molecule has 10 heteroatoms. The Labute approximate surface area is 170 Å².